The molecule has 0 radical (unpaired) electrons. The molecule has 0 aliphatic carbocycles. The second-order valence-corrected chi connectivity index (χ2v) is 6.29. The van der Waals surface area contributed by atoms with E-state index in [0.717, 1.165) is 28.8 Å². The highest BCUT2D eigenvalue weighted by Crippen LogP contribution is 2.18. The average Bonchev–Trinajstić information content (AvgIpc) is 2.67. The molecule has 1 heterocycles. The Hall–Kier alpha value is -3.28. The van der Waals surface area contributed by atoms with Gasteiger partial charge in [0.15, 0.2) is 0 Å². The number of carbonyl (C=O) groups excluding carboxylic acids is 1. The molecule has 0 saturated carbocycles. The molecule has 0 bridgehead atoms. The third-order valence-electron chi connectivity index (χ3n) is 4.37. The molecule has 1 amide bonds. The van der Waals surface area contributed by atoms with Crippen molar-refractivity contribution in [3.05, 3.63) is 83.1 Å². The highest BCUT2D eigenvalue weighted by atomic mass is 19.1. The van der Waals surface area contributed by atoms with Gasteiger partial charge in [0.25, 0.3) is 5.91 Å². The van der Waals surface area contributed by atoms with Crippen LogP contribution >= 0.6 is 0 Å². The van der Waals surface area contributed by atoms with Gasteiger partial charge in [-0.2, -0.15) is 0 Å². The summed E-state index contributed by atoms with van der Waals surface area (Å²) in [5.74, 6) is 0.0433. The number of nitrogens with zero attached hydrogens (tertiary/aromatic N) is 2. The predicted molar refractivity (Wildman–Crippen MR) is 104 cm³/mol. The van der Waals surface area contributed by atoms with E-state index < -0.39 is 0 Å². The molecule has 2 aromatic carbocycles. The molecule has 0 spiro atoms. The Kier molecular flexibility index (Phi) is 5.76. The van der Waals surface area contributed by atoms with Crippen LogP contribution in [0, 0.1) is 19.7 Å². The third kappa shape index (κ3) is 4.88. The van der Waals surface area contributed by atoms with Gasteiger partial charge in [0.2, 0.25) is 0 Å². The molecule has 0 aliphatic heterocycles. The Morgan fingerprint density at radius 1 is 1.04 bits per heavy atom. The number of benzene rings is 2. The van der Waals surface area contributed by atoms with Crippen molar-refractivity contribution in [2.75, 3.05) is 17.2 Å². The fraction of sp³-hybridized carbons (Fsp3) is 0.190. The van der Waals surface area contributed by atoms with Crippen molar-refractivity contribution in [3.8, 4) is 0 Å². The molecule has 27 heavy (non-hydrogen) atoms. The second-order valence-electron chi connectivity index (χ2n) is 6.29. The lowest BCUT2D eigenvalue weighted by Gasteiger charge is -2.10. The summed E-state index contributed by atoms with van der Waals surface area (Å²) in [5, 5.41) is 6.00. The maximum Gasteiger partial charge on any atom is 0.275 e. The van der Waals surface area contributed by atoms with Crippen LogP contribution in [0.1, 0.15) is 27.2 Å². The van der Waals surface area contributed by atoms with E-state index in [1.807, 2.05) is 32.0 Å². The van der Waals surface area contributed by atoms with Crippen LogP contribution in [0.5, 0.6) is 0 Å². The zero-order valence-electron chi connectivity index (χ0n) is 15.3. The average molecular weight is 364 g/mol. The summed E-state index contributed by atoms with van der Waals surface area (Å²) in [4.78, 5) is 20.8. The van der Waals surface area contributed by atoms with E-state index in [4.69, 9.17) is 0 Å². The van der Waals surface area contributed by atoms with Gasteiger partial charge in [0.1, 0.15) is 17.3 Å². The van der Waals surface area contributed by atoms with E-state index in [0.29, 0.717) is 12.4 Å². The fourth-order valence-electron chi connectivity index (χ4n) is 2.60. The number of hydrogen-bond donors (Lipinski definition) is 2. The van der Waals surface area contributed by atoms with Crippen LogP contribution in [0.15, 0.2) is 54.9 Å². The molecular formula is C21H21FN4O. The van der Waals surface area contributed by atoms with Crippen molar-refractivity contribution < 1.29 is 9.18 Å². The fourth-order valence-corrected chi connectivity index (χ4v) is 2.60. The van der Waals surface area contributed by atoms with Gasteiger partial charge >= 0.3 is 0 Å². The Balaban J connectivity index is 1.55. The summed E-state index contributed by atoms with van der Waals surface area (Å²) in [7, 11) is 0. The van der Waals surface area contributed by atoms with Gasteiger partial charge in [-0.1, -0.05) is 24.3 Å². The molecule has 0 fully saturated rings. The largest absolute Gasteiger partial charge is 0.368 e. The molecule has 0 aliphatic rings. The zero-order chi connectivity index (χ0) is 19.2. The van der Waals surface area contributed by atoms with Gasteiger partial charge < -0.3 is 10.6 Å². The summed E-state index contributed by atoms with van der Waals surface area (Å²) < 4.78 is 12.9. The lowest BCUT2D eigenvalue weighted by Crippen LogP contribution is -2.15. The predicted octanol–water partition coefficient (Wildman–Crippen LogP) is 4.14. The van der Waals surface area contributed by atoms with Crippen molar-refractivity contribution in [3.63, 3.8) is 0 Å². The second kappa shape index (κ2) is 8.40. The Labute approximate surface area is 157 Å². The molecule has 6 heteroatoms. The first-order valence-electron chi connectivity index (χ1n) is 8.71. The summed E-state index contributed by atoms with van der Waals surface area (Å²) in [6.07, 6.45) is 3.71. The summed E-state index contributed by atoms with van der Waals surface area (Å²) in [6.45, 7) is 4.59. The SMILES string of the molecule is Cc1cccc(NC(=O)c2cnc(NCCc3ccc(F)cc3)cn2)c1C. The van der Waals surface area contributed by atoms with Gasteiger partial charge in [0.05, 0.1) is 12.4 Å². The number of rotatable bonds is 6. The monoisotopic (exact) mass is 364 g/mol. The molecule has 3 rings (SSSR count). The molecule has 0 unspecified atom stereocenters. The minimum atomic E-state index is -0.297. The van der Waals surface area contributed by atoms with Crippen LogP contribution in [-0.4, -0.2) is 22.4 Å². The van der Waals surface area contributed by atoms with Gasteiger partial charge in [-0.05, 0) is 55.2 Å². The van der Waals surface area contributed by atoms with Crippen molar-refractivity contribution >= 4 is 17.4 Å². The normalized spacial score (nSPS) is 10.5. The van der Waals surface area contributed by atoms with Gasteiger partial charge in [-0.25, -0.2) is 14.4 Å². The first kappa shape index (κ1) is 18.5. The van der Waals surface area contributed by atoms with E-state index in [1.165, 1.54) is 24.5 Å². The van der Waals surface area contributed by atoms with E-state index in [1.54, 1.807) is 12.1 Å². The van der Waals surface area contributed by atoms with Crippen LogP contribution < -0.4 is 10.6 Å². The zero-order valence-corrected chi connectivity index (χ0v) is 15.3. The van der Waals surface area contributed by atoms with E-state index >= 15 is 0 Å². The molecule has 0 saturated heterocycles. The lowest BCUT2D eigenvalue weighted by molar-refractivity contribution is 0.102. The molecular weight excluding hydrogens is 343 g/mol. The number of nitrogens with one attached hydrogen (secondary N) is 2. The van der Waals surface area contributed by atoms with Crippen LogP contribution in [0.3, 0.4) is 0 Å². The number of aromatic nitrogens is 2. The maximum absolute atomic E-state index is 12.9. The Morgan fingerprint density at radius 3 is 2.52 bits per heavy atom. The van der Waals surface area contributed by atoms with Gasteiger partial charge in [-0.15, -0.1) is 0 Å². The Bertz CT molecular complexity index is 924. The van der Waals surface area contributed by atoms with Crippen LogP contribution in [0.2, 0.25) is 0 Å². The topological polar surface area (TPSA) is 66.9 Å². The molecule has 2 N–H and O–H groups in total. The molecule has 1 aromatic heterocycles. The number of amides is 1. The van der Waals surface area contributed by atoms with E-state index in [2.05, 4.69) is 20.6 Å². The smallest absolute Gasteiger partial charge is 0.275 e. The number of carbonyl (C=O) groups is 1. The van der Waals surface area contributed by atoms with Crippen LogP contribution in [-0.2, 0) is 6.42 Å². The quantitative estimate of drug-likeness (QED) is 0.690. The first-order chi connectivity index (χ1) is 13.0. The highest BCUT2D eigenvalue weighted by molar-refractivity contribution is 6.03. The minimum Gasteiger partial charge on any atom is -0.368 e. The Morgan fingerprint density at radius 2 is 1.81 bits per heavy atom. The molecule has 138 valence electrons. The van der Waals surface area contributed by atoms with Crippen molar-refractivity contribution in [2.24, 2.45) is 0 Å². The number of hydrogen-bond acceptors (Lipinski definition) is 4. The standard InChI is InChI=1S/C21H21FN4O/c1-14-4-3-5-18(15(14)2)26-21(27)19-12-25-20(13-24-19)23-11-10-16-6-8-17(22)9-7-16/h3-9,12-13H,10-11H2,1-2H3,(H,23,25)(H,26,27). The van der Waals surface area contributed by atoms with Crippen molar-refractivity contribution in [1.29, 1.82) is 0 Å². The first-order valence-corrected chi connectivity index (χ1v) is 8.71. The lowest BCUT2D eigenvalue weighted by atomic mass is 10.1. The van der Waals surface area contributed by atoms with Crippen molar-refractivity contribution in [1.82, 2.24) is 9.97 Å². The van der Waals surface area contributed by atoms with E-state index in [-0.39, 0.29) is 17.4 Å². The summed E-state index contributed by atoms with van der Waals surface area (Å²) in [5.41, 5.74) is 4.18. The number of halogens is 1. The number of aryl methyl sites for hydroxylation is 1. The van der Waals surface area contributed by atoms with Crippen LogP contribution in [0.25, 0.3) is 0 Å². The third-order valence-corrected chi connectivity index (χ3v) is 4.37. The molecule has 0 atom stereocenters. The van der Waals surface area contributed by atoms with Crippen molar-refractivity contribution in [2.45, 2.75) is 20.3 Å². The maximum atomic E-state index is 12.9. The molecule has 3 aromatic rings. The minimum absolute atomic E-state index is 0.243. The summed E-state index contributed by atoms with van der Waals surface area (Å²) in [6, 6.07) is 12.2. The summed E-state index contributed by atoms with van der Waals surface area (Å²) >= 11 is 0. The highest BCUT2D eigenvalue weighted by Gasteiger charge is 2.10. The van der Waals surface area contributed by atoms with Gasteiger partial charge in [-0.3, -0.25) is 4.79 Å². The number of anilines is 2. The van der Waals surface area contributed by atoms with Crippen LogP contribution in [0.4, 0.5) is 15.9 Å². The molecule has 5 nitrogen and oxygen atoms in total. The van der Waals surface area contributed by atoms with Gasteiger partial charge in [0, 0.05) is 12.2 Å². The van der Waals surface area contributed by atoms with E-state index in [9.17, 15) is 9.18 Å².